The zero-order chi connectivity index (χ0) is 10.7. The molecule has 1 aromatic rings. The van der Waals surface area contributed by atoms with Crippen LogP contribution in [0.4, 0.5) is 5.82 Å². The molecule has 0 radical (unpaired) electrons. The predicted molar refractivity (Wildman–Crippen MR) is 80.6 cm³/mol. The fourth-order valence-electron chi connectivity index (χ4n) is 1.82. The number of halogens is 3. The number of nitrogens with zero attached hydrogens (tertiary/aromatic N) is 2. The average Bonchev–Trinajstić information content (AvgIpc) is 2.25. The second-order valence-corrected chi connectivity index (χ2v) is 5.00. The first-order valence-electron chi connectivity index (χ1n) is 5.30. The number of rotatable bonds is 2. The quantitative estimate of drug-likeness (QED) is 0.894. The van der Waals surface area contributed by atoms with E-state index in [1.54, 1.807) is 0 Å². The summed E-state index contributed by atoms with van der Waals surface area (Å²) in [5, 5.41) is 3.47. The van der Waals surface area contributed by atoms with Crippen molar-refractivity contribution in [1.29, 1.82) is 0 Å². The van der Waals surface area contributed by atoms with E-state index < -0.39 is 0 Å². The lowest BCUT2D eigenvalue weighted by atomic mass is 10.1. The third-order valence-electron chi connectivity index (χ3n) is 2.80. The number of piperidine rings is 1. The van der Waals surface area contributed by atoms with Crippen LogP contribution in [0.3, 0.4) is 0 Å². The molecule has 0 saturated carbocycles. The first-order valence-corrected chi connectivity index (χ1v) is 6.10. The number of pyridine rings is 1. The number of hydrogen-bond acceptors (Lipinski definition) is 3. The molecule has 1 aromatic heterocycles. The summed E-state index contributed by atoms with van der Waals surface area (Å²) >= 11 is 3.38. The van der Waals surface area contributed by atoms with Crippen molar-refractivity contribution in [3.05, 3.63) is 22.8 Å². The minimum Gasteiger partial charge on any atom is -0.367 e. The van der Waals surface area contributed by atoms with Crippen molar-refractivity contribution in [3.8, 4) is 0 Å². The van der Waals surface area contributed by atoms with E-state index in [0.29, 0.717) is 6.04 Å². The Morgan fingerprint density at radius 2 is 1.94 bits per heavy atom. The predicted octanol–water partition coefficient (Wildman–Crippen LogP) is 3.19. The van der Waals surface area contributed by atoms with Crippen LogP contribution in [-0.4, -0.2) is 36.1 Å². The Balaban J connectivity index is 0.00000128. The van der Waals surface area contributed by atoms with Crippen molar-refractivity contribution in [2.45, 2.75) is 18.9 Å². The van der Waals surface area contributed by atoms with E-state index >= 15 is 0 Å². The van der Waals surface area contributed by atoms with Gasteiger partial charge in [-0.25, -0.2) is 4.98 Å². The van der Waals surface area contributed by atoms with Crippen LogP contribution in [0.15, 0.2) is 22.8 Å². The van der Waals surface area contributed by atoms with Crippen LogP contribution in [0.25, 0.3) is 0 Å². The molecular formula is C11H18BrCl2N3. The van der Waals surface area contributed by atoms with Gasteiger partial charge in [-0.2, -0.15) is 0 Å². The van der Waals surface area contributed by atoms with Gasteiger partial charge >= 0.3 is 0 Å². The fraction of sp³-hybridized carbons (Fsp3) is 0.545. The molecular weight excluding hydrogens is 325 g/mol. The van der Waals surface area contributed by atoms with Crippen molar-refractivity contribution in [2.75, 3.05) is 25.5 Å². The number of nitrogens with one attached hydrogen (secondary N) is 1. The van der Waals surface area contributed by atoms with Gasteiger partial charge in [0.25, 0.3) is 0 Å². The van der Waals surface area contributed by atoms with Gasteiger partial charge in [0.1, 0.15) is 5.82 Å². The van der Waals surface area contributed by atoms with Gasteiger partial charge in [-0.15, -0.1) is 24.8 Å². The van der Waals surface area contributed by atoms with Crippen molar-refractivity contribution >= 4 is 46.6 Å². The molecule has 1 aliphatic rings. The maximum absolute atomic E-state index is 4.32. The van der Waals surface area contributed by atoms with Crippen molar-refractivity contribution in [2.24, 2.45) is 0 Å². The molecule has 0 atom stereocenters. The molecule has 6 heteroatoms. The molecule has 98 valence electrons. The summed E-state index contributed by atoms with van der Waals surface area (Å²) in [6.07, 6.45) is 4.24. The summed E-state index contributed by atoms with van der Waals surface area (Å²) in [7, 11) is 2.17. The van der Waals surface area contributed by atoms with Crippen molar-refractivity contribution < 1.29 is 0 Å². The van der Waals surface area contributed by atoms with E-state index in [1.807, 2.05) is 18.3 Å². The molecule has 1 fully saturated rings. The molecule has 0 spiro atoms. The van der Waals surface area contributed by atoms with Gasteiger partial charge in [0, 0.05) is 16.7 Å². The topological polar surface area (TPSA) is 28.2 Å². The third kappa shape index (κ3) is 5.42. The van der Waals surface area contributed by atoms with E-state index in [1.165, 1.54) is 25.9 Å². The van der Waals surface area contributed by atoms with Gasteiger partial charge in [-0.1, -0.05) is 0 Å². The summed E-state index contributed by atoms with van der Waals surface area (Å²) in [6, 6.07) is 4.61. The SMILES string of the molecule is CN1CCC(Nc2ccc(Br)cn2)CC1.Cl.Cl. The van der Waals surface area contributed by atoms with Crippen LogP contribution in [0.5, 0.6) is 0 Å². The first-order chi connectivity index (χ1) is 7.24. The fourth-order valence-corrected chi connectivity index (χ4v) is 2.06. The van der Waals surface area contributed by atoms with E-state index in [4.69, 9.17) is 0 Å². The largest absolute Gasteiger partial charge is 0.367 e. The highest BCUT2D eigenvalue weighted by Gasteiger charge is 2.16. The molecule has 1 saturated heterocycles. The van der Waals surface area contributed by atoms with Crippen LogP contribution < -0.4 is 5.32 Å². The van der Waals surface area contributed by atoms with E-state index in [-0.39, 0.29) is 24.8 Å². The number of anilines is 1. The Labute approximate surface area is 123 Å². The molecule has 3 nitrogen and oxygen atoms in total. The lowest BCUT2D eigenvalue weighted by molar-refractivity contribution is 0.263. The molecule has 2 rings (SSSR count). The number of hydrogen-bond donors (Lipinski definition) is 1. The van der Waals surface area contributed by atoms with Crippen LogP contribution in [0, 0.1) is 0 Å². The number of aromatic nitrogens is 1. The van der Waals surface area contributed by atoms with E-state index in [9.17, 15) is 0 Å². The van der Waals surface area contributed by atoms with E-state index in [2.05, 4.69) is 38.2 Å². The van der Waals surface area contributed by atoms with Crippen LogP contribution in [-0.2, 0) is 0 Å². The van der Waals surface area contributed by atoms with Gasteiger partial charge < -0.3 is 10.2 Å². The third-order valence-corrected chi connectivity index (χ3v) is 3.27. The maximum Gasteiger partial charge on any atom is 0.126 e. The Morgan fingerprint density at radius 3 is 2.47 bits per heavy atom. The molecule has 1 N–H and O–H groups in total. The van der Waals surface area contributed by atoms with Gasteiger partial charge in [0.2, 0.25) is 0 Å². The minimum atomic E-state index is 0. The molecule has 0 unspecified atom stereocenters. The molecule has 0 bridgehead atoms. The highest BCUT2D eigenvalue weighted by molar-refractivity contribution is 9.10. The summed E-state index contributed by atoms with van der Waals surface area (Å²) in [6.45, 7) is 2.35. The van der Waals surface area contributed by atoms with Gasteiger partial charge in [-0.3, -0.25) is 0 Å². The summed E-state index contributed by atoms with van der Waals surface area (Å²) in [5.41, 5.74) is 0. The Kier molecular flexibility index (Phi) is 8.12. The second kappa shape index (κ2) is 8.14. The highest BCUT2D eigenvalue weighted by atomic mass is 79.9. The summed E-state index contributed by atoms with van der Waals surface area (Å²) in [5.74, 6) is 0.979. The van der Waals surface area contributed by atoms with E-state index in [0.717, 1.165) is 10.3 Å². The molecule has 0 aliphatic carbocycles. The Hall–Kier alpha value is -0.0300. The summed E-state index contributed by atoms with van der Waals surface area (Å²) < 4.78 is 1.02. The Morgan fingerprint density at radius 1 is 1.29 bits per heavy atom. The standard InChI is InChI=1S/C11H16BrN3.2ClH/c1-15-6-4-10(5-7-15)14-11-3-2-9(12)8-13-11;;/h2-3,8,10H,4-7H2,1H3,(H,13,14);2*1H. The maximum atomic E-state index is 4.32. The normalized spacial score (nSPS) is 16.8. The van der Waals surface area contributed by atoms with Crippen molar-refractivity contribution in [1.82, 2.24) is 9.88 Å². The van der Waals surface area contributed by atoms with Crippen LogP contribution in [0.1, 0.15) is 12.8 Å². The van der Waals surface area contributed by atoms with Gasteiger partial charge in [0.15, 0.2) is 0 Å². The molecule has 1 aliphatic heterocycles. The number of likely N-dealkylation sites (tertiary alicyclic amines) is 1. The summed E-state index contributed by atoms with van der Waals surface area (Å²) in [4.78, 5) is 6.69. The lowest BCUT2D eigenvalue weighted by Crippen LogP contribution is -2.36. The van der Waals surface area contributed by atoms with Gasteiger partial charge in [-0.05, 0) is 61.0 Å². The molecule has 0 amide bonds. The minimum absolute atomic E-state index is 0. The lowest BCUT2D eigenvalue weighted by Gasteiger charge is -2.29. The van der Waals surface area contributed by atoms with Crippen LogP contribution >= 0.6 is 40.7 Å². The zero-order valence-electron chi connectivity index (χ0n) is 9.73. The monoisotopic (exact) mass is 341 g/mol. The average molecular weight is 343 g/mol. The van der Waals surface area contributed by atoms with Crippen LogP contribution in [0.2, 0.25) is 0 Å². The van der Waals surface area contributed by atoms with Gasteiger partial charge in [0.05, 0.1) is 0 Å². The Bertz CT molecular complexity index is 313. The zero-order valence-corrected chi connectivity index (χ0v) is 12.9. The molecule has 17 heavy (non-hydrogen) atoms. The molecule has 2 heterocycles. The molecule has 0 aromatic carbocycles. The second-order valence-electron chi connectivity index (χ2n) is 4.08. The highest BCUT2D eigenvalue weighted by Crippen LogP contribution is 2.15. The smallest absolute Gasteiger partial charge is 0.126 e. The first kappa shape index (κ1) is 17.0. The van der Waals surface area contributed by atoms with Crippen molar-refractivity contribution in [3.63, 3.8) is 0 Å².